The van der Waals surface area contributed by atoms with E-state index < -0.39 is 11.8 Å². The molecule has 3 N–H and O–H groups in total. The number of thioether (sulfide) groups is 1. The molecule has 0 aliphatic rings. The number of hydrogen-bond acceptors (Lipinski definition) is 6. The number of ether oxygens (including phenoxy) is 2. The molecule has 0 radical (unpaired) electrons. The molecule has 0 atom stereocenters. The van der Waals surface area contributed by atoms with Crippen molar-refractivity contribution in [2.24, 2.45) is 0 Å². The summed E-state index contributed by atoms with van der Waals surface area (Å²) < 4.78 is 10.8. The predicted octanol–water partition coefficient (Wildman–Crippen LogP) is 6.50. The van der Waals surface area contributed by atoms with E-state index in [0.717, 1.165) is 4.90 Å². The molecule has 4 aromatic carbocycles. The highest BCUT2D eigenvalue weighted by atomic mass is 35.5. The van der Waals surface area contributed by atoms with Crippen LogP contribution in [0.25, 0.3) is 6.08 Å². The average molecular weight is 602 g/mol. The van der Waals surface area contributed by atoms with Crippen molar-refractivity contribution >= 4 is 58.5 Å². The zero-order chi connectivity index (χ0) is 29.9. The van der Waals surface area contributed by atoms with E-state index in [9.17, 15) is 14.4 Å². The van der Waals surface area contributed by atoms with Crippen molar-refractivity contribution in [1.82, 2.24) is 5.32 Å². The van der Waals surface area contributed by atoms with Gasteiger partial charge in [-0.1, -0.05) is 29.8 Å². The van der Waals surface area contributed by atoms with Crippen molar-refractivity contribution in [2.75, 3.05) is 30.6 Å². The molecule has 42 heavy (non-hydrogen) atoms. The normalized spacial score (nSPS) is 10.9. The van der Waals surface area contributed by atoms with E-state index in [2.05, 4.69) is 16.0 Å². The standard InChI is InChI=1S/C32H28ClN3O5S/c1-40-26-14-17-29(41-2)22(18-26)19-28(36-31(38)21-6-4-3-5-7-21)32(39)35-25-12-15-27(16-13-25)42-20-30(37)34-24-10-8-23(33)9-11-24/h3-19H,20H2,1-2H3,(H,34,37)(H,35,39)(H,36,38)/b28-19-. The van der Waals surface area contributed by atoms with Gasteiger partial charge < -0.3 is 25.4 Å². The van der Waals surface area contributed by atoms with Crippen LogP contribution in [0.2, 0.25) is 5.02 Å². The lowest BCUT2D eigenvalue weighted by molar-refractivity contribution is -0.114. The van der Waals surface area contributed by atoms with Crippen molar-refractivity contribution < 1.29 is 23.9 Å². The van der Waals surface area contributed by atoms with E-state index >= 15 is 0 Å². The summed E-state index contributed by atoms with van der Waals surface area (Å²) in [7, 11) is 3.05. The molecule has 0 fully saturated rings. The Morgan fingerprint density at radius 2 is 1.48 bits per heavy atom. The summed E-state index contributed by atoms with van der Waals surface area (Å²) in [6.07, 6.45) is 1.53. The number of carbonyl (C=O) groups excluding carboxylic acids is 3. The fourth-order valence-corrected chi connectivity index (χ4v) is 4.59. The lowest BCUT2D eigenvalue weighted by Crippen LogP contribution is -2.30. The molecule has 214 valence electrons. The molecule has 4 rings (SSSR count). The van der Waals surface area contributed by atoms with Crippen molar-refractivity contribution in [1.29, 1.82) is 0 Å². The summed E-state index contributed by atoms with van der Waals surface area (Å²) in [5.74, 6) is 0.128. The van der Waals surface area contributed by atoms with E-state index in [1.54, 1.807) is 97.1 Å². The van der Waals surface area contributed by atoms with Crippen LogP contribution in [0.1, 0.15) is 15.9 Å². The Hall–Kier alpha value is -4.73. The van der Waals surface area contributed by atoms with Crippen LogP contribution in [0.5, 0.6) is 11.5 Å². The molecule has 0 heterocycles. The quantitative estimate of drug-likeness (QED) is 0.134. The molecule has 0 aliphatic heterocycles. The van der Waals surface area contributed by atoms with E-state index in [-0.39, 0.29) is 17.4 Å². The number of rotatable bonds is 11. The number of carbonyl (C=O) groups is 3. The van der Waals surface area contributed by atoms with Crippen LogP contribution in [-0.4, -0.2) is 37.7 Å². The van der Waals surface area contributed by atoms with E-state index in [0.29, 0.717) is 39.0 Å². The van der Waals surface area contributed by atoms with Crippen LogP contribution in [-0.2, 0) is 9.59 Å². The Bertz CT molecular complexity index is 1580. The van der Waals surface area contributed by atoms with Gasteiger partial charge in [-0.2, -0.15) is 0 Å². The van der Waals surface area contributed by atoms with Gasteiger partial charge in [-0.3, -0.25) is 14.4 Å². The zero-order valence-electron chi connectivity index (χ0n) is 22.8. The molecule has 0 unspecified atom stereocenters. The van der Waals surface area contributed by atoms with Crippen LogP contribution in [0.4, 0.5) is 11.4 Å². The first-order chi connectivity index (χ1) is 20.3. The Morgan fingerprint density at radius 1 is 0.810 bits per heavy atom. The summed E-state index contributed by atoms with van der Waals surface area (Å²) >= 11 is 7.24. The van der Waals surface area contributed by atoms with Crippen LogP contribution in [0.3, 0.4) is 0 Å². The molecule has 0 saturated heterocycles. The number of anilines is 2. The Labute approximate surface area is 253 Å². The lowest BCUT2D eigenvalue weighted by atomic mass is 10.1. The van der Waals surface area contributed by atoms with Crippen molar-refractivity contribution in [3.8, 4) is 11.5 Å². The van der Waals surface area contributed by atoms with E-state index in [4.69, 9.17) is 21.1 Å². The van der Waals surface area contributed by atoms with Gasteiger partial charge >= 0.3 is 0 Å². The maximum Gasteiger partial charge on any atom is 0.272 e. The SMILES string of the molecule is COc1ccc(OC)c(/C=C(\NC(=O)c2ccccc2)C(=O)Nc2ccc(SCC(=O)Nc3ccc(Cl)cc3)cc2)c1. The van der Waals surface area contributed by atoms with Gasteiger partial charge in [0.1, 0.15) is 17.2 Å². The Balaban J connectivity index is 1.46. The highest BCUT2D eigenvalue weighted by Gasteiger charge is 2.17. The molecule has 3 amide bonds. The molecule has 0 aliphatic carbocycles. The summed E-state index contributed by atoms with van der Waals surface area (Å²) in [5.41, 5.74) is 2.12. The second-order valence-corrected chi connectivity index (χ2v) is 10.3. The fourth-order valence-electron chi connectivity index (χ4n) is 3.76. The van der Waals surface area contributed by atoms with Gasteiger partial charge in [0.25, 0.3) is 11.8 Å². The first-order valence-corrected chi connectivity index (χ1v) is 14.1. The summed E-state index contributed by atoms with van der Waals surface area (Å²) in [4.78, 5) is 39.5. The number of nitrogens with one attached hydrogen (secondary N) is 3. The van der Waals surface area contributed by atoms with Gasteiger partial charge in [0, 0.05) is 32.4 Å². The first-order valence-electron chi connectivity index (χ1n) is 12.7. The minimum atomic E-state index is -0.535. The third-order valence-electron chi connectivity index (χ3n) is 5.88. The van der Waals surface area contributed by atoms with Crippen molar-refractivity contribution in [3.05, 3.63) is 119 Å². The highest BCUT2D eigenvalue weighted by molar-refractivity contribution is 8.00. The van der Waals surface area contributed by atoms with Crippen molar-refractivity contribution in [2.45, 2.75) is 4.90 Å². The second kappa shape index (κ2) is 14.8. The third kappa shape index (κ3) is 8.63. The number of methoxy groups -OCH3 is 2. The molecule has 0 spiro atoms. The third-order valence-corrected chi connectivity index (χ3v) is 7.14. The van der Waals surface area contributed by atoms with Crippen LogP contribution in [0, 0.1) is 0 Å². The topological polar surface area (TPSA) is 106 Å². The van der Waals surface area contributed by atoms with Crippen molar-refractivity contribution in [3.63, 3.8) is 0 Å². The average Bonchev–Trinajstić information content (AvgIpc) is 3.01. The van der Waals surface area contributed by atoms with Crippen LogP contribution < -0.4 is 25.4 Å². The molecule has 8 nitrogen and oxygen atoms in total. The van der Waals surface area contributed by atoms with Gasteiger partial charge in [0.05, 0.1) is 20.0 Å². The fraction of sp³-hybridized carbons (Fsp3) is 0.0938. The number of amides is 3. The molecule has 10 heteroatoms. The number of hydrogen-bond donors (Lipinski definition) is 3. The maximum atomic E-state index is 13.4. The predicted molar refractivity (Wildman–Crippen MR) is 167 cm³/mol. The molecule has 0 aromatic heterocycles. The van der Waals surface area contributed by atoms with E-state index in [1.807, 2.05) is 0 Å². The smallest absolute Gasteiger partial charge is 0.272 e. The van der Waals surface area contributed by atoms with E-state index in [1.165, 1.54) is 32.1 Å². The highest BCUT2D eigenvalue weighted by Crippen LogP contribution is 2.27. The number of benzene rings is 4. The molecule has 0 bridgehead atoms. The number of halogens is 1. The van der Waals surface area contributed by atoms with Gasteiger partial charge in [-0.25, -0.2) is 0 Å². The Morgan fingerprint density at radius 3 is 2.14 bits per heavy atom. The minimum Gasteiger partial charge on any atom is -0.497 e. The first kappa shape index (κ1) is 30.2. The van der Waals surface area contributed by atoms with Crippen LogP contribution >= 0.6 is 23.4 Å². The monoisotopic (exact) mass is 601 g/mol. The maximum absolute atomic E-state index is 13.4. The van der Waals surface area contributed by atoms with Gasteiger partial charge in [0.2, 0.25) is 5.91 Å². The van der Waals surface area contributed by atoms with Gasteiger partial charge in [-0.05, 0) is 84.9 Å². The van der Waals surface area contributed by atoms with Gasteiger partial charge in [0.15, 0.2) is 0 Å². The Kier molecular flexibility index (Phi) is 10.6. The van der Waals surface area contributed by atoms with Gasteiger partial charge in [-0.15, -0.1) is 11.8 Å². The summed E-state index contributed by atoms with van der Waals surface area (Å²) in [6.45, 7) is 0. The summed E-state index contributed by atoms with van der Waals surface area (Å²) in [6, 6.07) is 27.7. The molecular formula is C32H28ClN3O5S. The molecule has 4 aromatic rings. The zero-order valence-corrected chi connectivity index (χ0v) is 24.4. The minimum absolute atomic E-state index is 0.00716. The molecule has 0 saturated carbocycles. The summed E-state index contributed by atoms with van der Waals surface area (Å²) in [5, 5.41) is 8.95. The molecular weight excluding hydrogens is 574 g/mol. The lowest BCUT2D eigenvalue weighted by Gasteiger charge is -2.13. The largest absolute Gasteiger partial charge is 0.497 e. The second-order valence-electron chi connectivity index (χ2n) is 8.81. The van der Waals surface area contributed by atoms with Crippen LogP contribution in [0.15, 0.2) is 108 Å².